The van der Waals surface area contributed by atoms with Crippen LogP contribution >= 0.6 is 12.4 Å². The summed E-state index contributed by atoms with van der Waals surface area (Å²) in [5.74, 6) is 0.474. The number of aromatic nitrogens is 2. The zero-order valence-electron chi connectivity index (χ0n) is 19.5. The van der Waals surface area contributed by atoms with E-state index in [4.69, 9.17) is 10.5 Å². The van der Waals surface area contributed by atoms with Crippen molar-refractivity contribution in [3.05, 3.63) is 65.0 Å². The number of nitrogens with two attached hydrogens (primary N) is 1. The summed E-state index contributed by atoms with van der Waals surface area (Å²) < 4.78 is 7.57. The number of carbonyl (C=O) groups excluding carboxylic acids is 1. The molecule has 1 aromatic carbocycles. The lowest BCUT2D eigenvalue weighted by atomic mass is 10.1. The van der Waals surface area contributed by atoms with E-state index in [-0.39, 0.29) is 18.3 Å². The number of amides is 1. The Bertz CT molecular complexity index is 1150. The number of halogens is 1. The number of nitrogen functional groups attached to an aromatic ring is 1. The van der Waals surface area contributed by atoms with Crippen molar-refractivity contribution < 1.29 is 9.53 Å². The molecular formula is C25H32ClN5O2. The zero-order valence-corrected chi connectivity index (χ0v) is 20.3. The van der Waals surface area contributed by atoms with Crippen molar-refractivity contribution >= 4 is 41.1 Å². The maximum Gasteiger partial charge on any atom is 0.246 e. The summed E-state index contributed by atoms with van der Waals surface area (Å²) in [5, 5.41) is 1.19. The molecular weight excluding hydrogens is 438 g/mol. The molecule has 7 nitrogen and oxygen atoms in total. The van der Waals surface area contributed by atoms with E-state index in [9.17, 15) is 4.79 Å². The lowest BCUT2D eigenvalue weighted by Crippen LogP contribution is -2.35. The molecule has 0 spiro atoms. The van der Waals surface area contributed by atoms with Crippen LogP contribution in [0.15, 0.2) is 42.6 Å². The van der Waals surface area contributed by atoms with E-state index in [1.807, 2.05) is 13.1 Å². The second kappa shape index (κ2) is 10.8. The monoisotopic (exact) mass is 469 g/mol. The molecule has 33 heavy (non-hydrogen) atoms. The maximum atomic E-state index is 12.7. The number of pyridine rings is 1. The molecule has 3 heterocycles. The number of carbonyl (C=O) groups is 1. The maximum absolute atomic E-state index is 12.7. The Labute approximate surface area is 201 Å². The third-order valence-electron chi connectivity index (χ3n) is 6.07. The molecule has 0 unspecified atom stereocenters. The third kappa shape index (κ3) is 5.74. The average molecular weight is 470 g/mol. The molecule has 8 heteroatoms. The number of hydrogen-bond acceptors (Lipinski definition) is 5. The third-order valence-corrected chi connectivity index (χ3v) is 6.07. The highest BCUT2D eigenvalue weighted by atomic mass is 35.5. The minimum absolute atomic E-state index is 0. The molecule has 1 aliphatic rings. The number of hydrogen-bond donors (Lipinski definition) is 1. The van der Waals surface area contributed by atoms with Gasteiger partial charge in [0, 0.05) is 62.6 Å². The summed E-state index contributed by atoms with van der Waals surface area (Å²) in [6.45, 7) is 6.63. The number of morpholine rings is 1. The first-order valence-corrected chi connectivity index (χ1v) is 10.9. The Morgan fingerprint density at radius 2 is 2.03 bits per heavy atom. The lowest BCUT2D eigenvalue weighted by Gasteiger charge is -2.26. The molecule has 1 fully saturated rings. The summed E-state index contributed by atoms with van der Waals surface area (Å²) >= 11 is 0. The minimum Gasteiger partial charge on any atom is -0.383 e. The van der Waals surface area contributed by atoms with Crippen LogP contribution in [0.25, 0.3) is 17.0 Å². The highest BCUT2D eigenvalue weighted by Crippen LogP contribution is 2.23. The number of likely N-dealkylation sites (N-methyl/N-ethyl adjacent to an activating group) is 1. The van der Waals surface area contributed by atoms with Crippen molar-refractivity contribution in [3.63, 3.8) is 0 Å². The molecule has 0 saturated carbocycles. The van der Waals surface area contributed by atoms with Gasteiger partial charge in [0.2, 0.25) is 5.91 Å². The standard InChI is InChI=1S/C25H31N5O2.ClH/c1-18-5-4-6-20-14-22(29(3)24(18)20)17-28(2)23(31)8-7-19-13-21(25(26)27-15-19)16-30-9-11-32-12-10-30;/h4-8,13-15H,9-12,16-17H2,1-3H3,(H2,26,27);1H. The summed E-state index contributed by atoms with van der Waals surface area (Å²) in [7, 11) is 3.87. The van der Waals surface area contributed by atoms with Crippen molar-refractivity contribution in [2.45, 2.75) is 20.0 Å². The van der Waals surface area contributed by atoms with Gasteiger partial charge in [-0.15, -0.1) is 12.4 Å². The Morgan fingerprint density at radius 1 is 1.27 bits per heavy atom. The SMILES string of the molecule is Cc1cccc2cc(CN(C)C(=O)C=Cc3cnc(N)c(CN4CCOCC4)c3)n(C)c12.Cl. The first-order valence-electron chi connectivity index (χ1n) is 10.9. The fourth-order valence-corrected chi connectivity index (χ4v) is 4.20. The van der Waals surface area contributed by atoms with Crippen LogP contribution in [0, 0.1) is 6.92 Å². The van der Waals surface area contributed by atoms with Crippen molar-refractivity contribution in [2.75, 3.05) is 39.1 Å². The molecule has 176 valence electrons. The van der Waals surface area contributed by atoms with E-state index in [1.165, 1.54) is 16.5 Å². The molecule has 0 bridgehead atoms. The molecule has 0 radical (unpaired) electrons. The minimum atomic E-state index is -0.0569. The highest BCUT2D eigenvalue weighted by molar-refractivity contribution is 5.91. The molecule has 1 saturated heterocycles. The van der Waals surface area contributed by atoms with Crippen LogP contribution in [0.3, 0.4) is 0 Å². The molecule has 0 atom stereocenters. The van der Waals surface area contributed by atoms with Gasteiger partial charge in [-0.05, 0) is 36.3 Å². The molecule has 1 aliphatic heterocycles. The summed E-state index contributed by atoms with van der Waals surface area (Å²) in [5.41, 5.74) is 11.5. The normalized spacial score (nSPS) is 14.5. The molecule has 3 aromatic rings. The predicted molar refractivity (Wildman–Crippen MR) is 135 cm³/mol. The Balaban J connectivity index is 0.00000306. The Morgan fingerprint density at radius 3 is 2.76 bits per heavy atom. The first-order chi connectivity index (χ1) is 15.4. The van der Waals surface area contributed by atoms with Crippen LogP contribution in [0.4, 0.5) is 5.82 Å². The Hall–Kier alpha value is -2.87. The van der Waals surface area contributed by atoms with Gasteiger partial charge in [0.1, 0.15) is 5.82 Å². The van der Waals surface area contributed by atoms with Crippen LogP contribution in [-0.2, 0) is 29.7 Å². The smallest absolute Gasteiger partial charge is 0.246 e. The van der Waals surface area contributed by atoms with E-state index in [0.717, 1.165) is 49.7 Å². The van der Waals surface area contributed by atoms with Crippen molar-refractivity contribution in [3.8, 4) is 0 Å². The fourth-order valence-electron chi connectivity index (χ4n) is 4.20. The van der Waals surface area contributed by atoms with Crippen LogP contribution in [0.1, 0.15) is 22.4 Å². The summed E-state index contributed by atoms with van der Waals surface area (Å²) in [6, 6.07) is 10.4. The number of aryl methyl sites for hydroxylation is 2. The van der Waals surface area contributed by atoms with Gasteiger partial charge >= 0.3 is 0 Å². The molecule has 0 aliphatic carbocycles. The quantitative estimate of drug-likeness (QED) is 0.560. The average Bonchev–Trinajstić information content (AvgIpc) is 3.11. The molecule has 1 amide bonds. The number of para-hydroxylation sites is 1. The van der Waals surface area contributed by atoms with E-state index < -0.39 is 0 Å². The number of ether oxygens (including phenoxy) is 1. The topological polar surface area (TPSA) is 76.6 Å². The second-order valence-electron chi connectivity index (χ2n) is 8.44. The number of rotatable bonds is 6. The number of anilines is 1. The number of fused-ring (bicyclic) bond motifs is 1. The van der Waals surface area contributed by atoms with Crippen LogP contribution in [0.5, 0.6) is 0 Å². The second-order valence-corrected chi connectivity index (χ2v) is 8.44. The summed E-state index contributed by atoms with van der Waals surface area (Å²) in [6.07, 6.45) is 5.11. The van der Waals surface area contributed by atoms with Gasteiger partial charge in [0.15, 0.2) is 0 Å². The van der Waals surface area contributed by atoms with E-state index >= 15 is 0 Å². The summed E-state index contributed by atoms with van der Waals surface area (Å²) in [4.78, 5) is 21.1. The fraction of sp³-hybridized carbons (Fsp3) is 0.360. The predicted octanol–water partition coefficient (Wildman–Crippen LogP) is 3.39. The van der Waals surface area contributed by atoms with E-state index in [0.29, 0.717) is 12.4 Å². The van der Waals surface area contributed by atoms with Crippen LogP contribution < -0.4 is 5.73 Å². The molecule has 2 N–H and O–H groups in total. The van der Waals surface area contributed by atoms with Gasteiger partial charge in [-0.2, -0.15) is 0 Å². The van der Waals surface area contributed by atoms with Gasteiger partial charge in [-0.25, -0.2) is 4.98 Å². The Kier molecular flexibility index (Phi) is 8.13. The van der Waals surface area contributed by atoms with Gasteiger partial charge in [-0.1, -0.05) is 18.2 Å². The van der Waals surface area contributed by atoms with Gasteiger partial charge < -0.3 is 19.9 Å². The largest absolute Gasteiger partial charge is 0.383 e. The van der Waals surface area contributed by atoms with Gasteiger partial charge in [0.05, 0.1) is 25.3 Å². The molecule has 4 rings (SSSR count). The zero-order chi connectivity index (χ0) is 22.7. The van der Waals surface area contributed by atoms with Crippen molar-refractivity contribution in [1.29, 1.82) is 0 Å². The van der Waals surface area contributed by atoms with E-state index in [1.54, 1.807) is 23.2 Å². The van der Waals surface area contributed by atoms with E-state index in [2.05, 4.69) is 52.7 Å². The van der Waals surface area contributed by atoms with Gasteiger partial charge in [0.25, 0.3) is 0 Å². The number of nitrogens with zero attached hydrogens (tertiary/aromatic N) is 4. The highest BCUT2D eigenvalue weighted by Gasteiger charge is 2.14. The lowest BCUT2D eigenvalue weighted by molar-refractivity contribution is -0.125. The molecule has 2 aromatic heterocycles. The van der Waals surface area contributed by atoms with Crippen molar-refractivity contribution in [2.24, 2.45) is 7.05 Å². The van der Waals surface area contributed by atoms with Crippen LogP contribution in [-0.4, -0.2) is 58.6 Å². The first kappa shape index (κ1) is 24.8. The van der Waals surface area contributed by atoms with Gasteiger partial charge in [-0.3, -0.25) is 9.69 Å². The van der Waals surface area contributed by atoms with Crippen LogP contribution in [0.2, 0.25) is 0 Å². The van der Waals surface area contributed by atoms with Crippen molar-refractivity contribution in [1.82, 2.24) is 19.4 Å². The number of benzene rings is 1.